The minimum atomic E-state index is 0. The van der Waals surface area contributed by atoms with E-state index in [4.69, 9.17) is 20.4 Å². The summed E-state index contributed by atoms with van der Waals surface area (Å²) in [5, 5.41) is 0. The third kappa shape index (κ3) is 8.95. The van der Waals surface area contributed by atoms with Crippen LogP contribution in [0.3, 0.4) is 0 Å². The smallest absolute Gasteiger partial charge is 0 e. The average molecular weight is 153 g/mol. The maximum Gasteiger partial charge on any atom is 0 e. The van der Waals surface area contributed by atoms with Crippen LogP contribution in [0.25, 0.3) is 0 Å². The van der Waals surface area contributed by atoms with E-state index in [9.17, 15) is 0 Å². The van der Waals surface area contributed by atoms with Crippen molar-refractivity contribution in [1.29, 1.82) is 0 Å². The van der Waals surface area contributed by atoms with Crippen molar-refractivity contribution in [2.24, 2.45) is 0 Å². The Morgan fingerprint density at radius 2 is 1.25 bits per heavy atom. The van der Waals surface area contributed by atoms with Gasteiger partial charge in [-0.2, -0.15) is 0 Å². The topological polar surface area (TPSA) is 0 Å². The molecule has 0 atom stereocenters. The molecule has 0 saturated heterocycles. The Labute approximate surface area is 61.9 Å². The van der Waals surface area contributed by atoms with Gasteiger partial charge in [0.15, 0.2) is 0 Å². The van der Waals surface area contributed by atoms with Crippen molar-refractivity contribution < 1.29 is 12.7 Å². The summed E-state index contributed by atoms with van der Waals surface area (Å²) in [6.45, 7) is 0. The predicted molar refractivity (Wildman–Crippen MR) is 17.5 cm³/mol. The molecule has 0 heterocycles. The molecule has 1 radical (unpaired) electrons. The summed E-state index contributed by atoms with van der Waals surface area (Å²) in [5.74, 6) is 0. The molecule has 25 valence electrons. The molecule has 0 fully saturated rings. The fraction of sp³-hybridized carbons (Fsp3) is 0. The van der Waals surface area contributed by atoms with Gasteiger partial charge in [0.2, 0.25) is 0 Å². The van der Waals surface area contributed by atoms with Gasteiger partial charge in [-0.1, -0.05) is 0 Å². The molecular weight excluding hydrogens is 153 g/mol. The van der Waals surface area contributed by atoms with Crippen LogP contribution in [0.1, 0.15) is 0 Å². The zero-order valence-electron chi connectivity index (χ0n) is 2.07. The molecule has 0 aromatic rings. The van der Waals surface area contributed by atoms with E-state index >= 15 is 0 Å². The van der Waals surface area contributed by atoms with Crippen molar-refractivity contribution >= 4 is 49.9 Å². The molecule has 0 aliphatic heterocycles. The van der Waals surface area contributed by atoms with Crippen LogP contribution in [-0.4, -0.2) is 29.6 Å². The average Bonchev–Trinajstić information content (AvgIpc) is 0.918. The molecule has 0 nitrogen and oxygen atoms in total. The molecule has 0 aliphatic rings. The first-order valence-corrected chi connectivity index (χ1v) is 2.96. The van der Waals surface area contributed by atoms with Gasteiger partial charge >= 0.3 is 33.0 Å². The van der Waals surface area contributed by atoms with Crippen molar-refractivity contribution in [2.75, 3.05) is 0 Å². The minimum Gasteiger partial charge on any atom is 0 e. The van der Waals surface area contributed by atoms with Gasteiger partial charge in [-0.05, 0) is 0 Å². The Morgan fingerprint density at radius 3 is 1.25 bits per heavy atom. The van der Waals surface area contributed by atoms with E-state index in [-0.39, 0.29) is 29.6 Å². The molecule has 0 bridgehead atoms. The molecule has 0 unspecified atom stereocenters. The molecule has 0 aliphatic carbocycles. The monoisotopic (exact) mass is 151 g/mol. The Balaban J connectivity index is 0. The van der Waals surface area contributed by atoms with Crippen LogP contribution in [0.15, 0.2) is 0 Å². The third-order valence-electron chi connectivity index (χ3n) is 0. The molecule has 4 heavy (non-hydrogen) atoms. The van der Waals surface area contributed by atoms with Gasteiger partial charge in [-0.25, -0.2) is 0 Å². The van der Waals surface area contributed by atoms with E-state index in [0.717, 1.165) is 0 Å². The summed E-state index contributed by atoms with van der Waals surface area (Å²) in [6, 6.07) is 0. The number of halogens is 2. The largest absolute Gasteiger partial charge is 0 e. The molecule has 0 aromatic carbocycles. The predicted octanol–water partition coefficient (Wildman–Crippen LogP) is 0.996. The Morgan fingerprint density at radius 1 is 1.25 bits per heavy atom. The molecule has 0 N–H and O–H groups in total. The Bertz CT molecular complexity index is 6.00. The van der Waals surface area contributed by atoms with Crippen molar-refractivity contribution in [1.82, 2.24) is 0 Å². The molecule has 4 heteroatoms. The zero-order chi connectivity index (χ0) is 2.71. The summed E-state index contributed by atoms with van der Waals surface area (Å²) in [4.78, 5) is 0. The molecule has 0 amide bonds. The zero-order valence-corrected chi connectivity index (χ0v) is 6.57. The van der Waals surface area contributed by atoms with Crippen LogP contribution < -0.4 is 0 Å². The van der Waals surface area contributed by atoms with Crippen molar-refractivity contribution in [3.63, 3.8) is 0 Å². The first-order valence-electron chi connectivity index (χ1n) is 0.239. The maximum absolute atomic E-state index is 4.70. The summed E-state index contributed by atoms with van der Waals surface area (Å²) >= 11 is 0.569. The summed E-state index contributed by atoms with van der Waals surface area (Å²) in [6.07, 6.45) is 0. The van der Waals surface area contributed by atoms with Crippen LogP contribution in [0.4, 0.5) is 0 Å². The van der Waals surface area contributed by atoms with Crippen molar-refractivity contribution in [3.05, 3.63) is 0 Å². The van der Waals surface area contributed by atoms with Gasteiger partial charge in [0, 0.05) is 29.6 Å². The van der Waals surface area contributed by atoms with Gasteiger partial charge in [-0.15, -0.1) is 0 Å². The first-order chi connectivity index (χ1) is 1.41. The summed E-state index contributed by atoms with van der Waals surface area (Å²) in [5.41, 5.74) is 0. The molecule has 0 aromatic heterocycles. The SMILES string of the molecule is [Cl][Ni][Cl].[Na]. The van der Waals surface area contributed by atoms with Crippen LogP contribution in [0, 0.1) is 0 Å². The molecular formula is Cl2NaNi. The quantitative estimate of drug-likeness (QED) is 0.455. The fourth-order valence-corrected chi connectivity index (χ4v) is 0. The van der Waals surface area contributed by atoms with Crippen molar-refractivity contribution in [3.8, 4) is 0 Å². The maximum atomic E-state index is 4.70. The van der Waals surface area contributed by atoms with Crippen molar-refractivity contribution in [2.45, 2.75) is 0 Å². The number of hydrogen-bond donors (Lipinski definition) is 0. The molecule has 0 saturated carbocycles. The van der Waals surface area contributed by atoms with E-state index in [1.165, 1.54) is 0 Å². The van der Waals surface area contributed by atoms with E-state index < -0.39 is 0 Å². The minimum absolute atomic E-state index is 0. The van der Waals surface area contributed by atoms with Crippen LogP contribution >= 0.6 is 20.4 Å². The van der Waals surface area contributed by atoms with E-state index in [1.54, 1.807) is 0 Å². The first kappa shape index (κ1) is 9.42. The second kappa shape index (κ2) is 8.91. The molecule has 0 spiro atoms. The fourth-order valence-electron chi connectivity index (χ4n) is 0. The Kier molecular flexibility index (Phi) is 21.0. The van der Waals surface area contributed by atoms with Gasteiger partial charge in [0.05, 0.1) is 0 Å². The Hall–Kier alpha value is 2.07. The number of rotatable bonds is 0. The van der Waals surface area contributed by atoms with Crippen LogP contribution in [-0.2, 0) is 12.7 Å². The van der Waals surface area contributed by atoms with Crippen LogP contribution in [0.5, 0.6) is 0 Å². The molecule has 0 rings (SSSR count). The standard InChI is InChI=1S/2ClH.Na.Ni/h2*1H;;/q;;;+2/p-2. The third-order valence-corrected chi connectivity index (χ3v) is 0. The van der Waals surface area contributed by atoms with Gasteiger partial charge in [0.25, 0.3) is 0 Å². The van der Waals surface area contributed by atoms with E-state index in [2.05, 4.69) is 0 Å². The van der Waals surface area contributed by atoms with E-state index in [0.29, 0.717) is 12.7 Å². The second-order valence-electron chi connectivity index (χ2n) is 0.0452. The summed E-state index contributed by atoms with van der Waals surface area (Å²) < 4.78 is 0. The van der Waals surface area contributed by atoms with E-state index in [1.807, 2.05) is 0 Å². The number of hydrogen-bond acceptors (Lipinski definition) is 0. The second-order valence-corrected chi connectivity index (χ2v) is 1.68. The summed E-state index contributed by atoms with van der Waals surface area (Å²) in [7, 11) is 9.40. The van der Waals surface area contributed by atoms with Gasteiger partial charge < -0.3 is 0 Å². The van der Waals surface area contributed by atoms with Gasteiger partial charge in [0.1, 0.15) is 0 Å². The normalized spacial score (nSPS) is 5.50. The van der Waals surface area contributed by atoms with Gasteiger partial charge in [-0.3, -0.25) is 0 Å². The van der Waals surface area contributed by atoms with Crippen LogP contribution in [0.2, 0.25) is 0 Å².